The molecule has 0 unspecified atom stereocenters. The minimum absolute atomic E-state index is 0.800. The lowest BCUT2D eigenvalue weighted by Gasteiger charge is -2.11. The molecule has 1 rings (SSSR count). The van der Waals surface area contributed by atoms with Crippen LogP contribution in [0.3, 0.4) is 0 Å². The standard InChI is InChI=1S/C13H22N2O/c1-4-5-6-7-16-13-8-11(2)15-10-12(13)9-14-3/h8,10,14H,4-7,9H2,1-3H3. The van der Waals surface area contributed by atoms with Crippen molar-refractivity contribution in [1.82, 2.24) is 10.3 Å². The molecule has 90 valence electrons. The third-order valence-electron chi connectivity index (χ3n) is 2.45. The summed E-state index contributed by atoms with van der Waals surface area (Å²) in [5, 5.41) is 3.13. The van der Waals surface area contributed by atoms with Gasteiger partial charge in [0.15, 0.2) is 0 Å². The second-order valence-corrected chi connectivity index (χ2v) is 4.02. The van der Waals surface area contributed by atoms with Gasteiger partial charge in [0.05, 0.1) is 6.61 Å². The van der Waals surface area contributed by atoms with E-state index in [4.69, 9.17) is 4.74 Å². The lowest BCUT2D eigenvalue weighted by atomic mass is 10.2. The Morgan fingerprint density at radius 1 is 1.38 bits per heavy atom. The second kappa shape index (κ2) is 7.23. The summed E-state index contributed by atoms with van der Waals surface area (Å²) in [5.74, 6) is 0.970. The number of unbranched alkanes of at least 4 members (excludes halogenated alkanes) is 2. The average Bonchev–Trinajstić information content (AvgIpc) is 2.28. The normalized spacial score (nSPS) is 10.4. The first kappa shape index (κ1) is 13.0. The molecule has 0 aliphatic carbocycles. The van der Waals surface area contributed by atoms with E-state index >= 15 is 0 Å². The Bertz CT molecular complexity index is 313. The molecule has 0 spiro atoms. The van der Waals surface area contributed by atoms with Crippen LogP contribution in [0.15, 0.2) is 12.3 Å². The maximum atomic E-state index is 5.79. The Hall–Kier alpha value is -1.09. The summed E-state index contributed by atoms with van der Waals surface area (Å²) in [7, 11) is 1.93. The van der Waals surface area contributed by atoms with Gasteiger partial charge in [0.1, 0.15) is 5.75 Å². The van der Waals surface area contributed by atoms with Gasteiger partial charge in [-0.3, -0.25) is 4.98 Å². The van der Waals surface area contributed by atoms with Gasteiger partial charge in [0.2, 0.25) is 0 Å². The molecule has 3 nitrogen and oxygen atoms in total. The Labute approximate surface area is 98.2 Å². The Balaban J connectivity index is 2.57. The van der Waals surface area contributed by atoms with Gasteiger partial charge in [-0.05, 0) is 20.4 Å². The van der Waals surface area contributed by atoms with Crippen LogP contribution in [0, 0.1) is 6.92 Å². The molecule has 0 aliphatic heterocycles. The van der Waals surface area contributed by atoms with E-state index in [9.17, 15) is 0 Å². The zero-order chi connectivity index (χ0) is 11.8. The van der Waals surface area contributed by atoms with E-state index in [1.54, 1.807) is 0 Å². The maximum absolute atomic E-state index is 5.79. The quantitative estimate of drug-likeness (QED) is 0.720. The fourth-order valence-corrected chi connectivity index (χ4v) is 1.55. The minimum Gasteiger partial charge on any atom is -0.493 e. The molecule has 16 heavy (non-hydrogen) atoms. The van der Waals surface area contributed by atoms with Gasteiger partial charge >= 0.3 is 0 Å². The Morgan fingerprint density at radius 2 is 2.19 bits per heavy atom. The van der Waals surface area contributed by atoms with Crippen LogP contribution < -0.4 is 10.1 Å². The van der Waals surface area contributed by atoms with Gasteiger partial charge in [0, 0.05) is 30.1 Å². The first-order valence-electron chi connectivity index (χ1n) is 6.00. The highest BCUT2D eigenvalue weighted by atomic mass is 16.5. The van der Waals surface area contributed by atoms with Gasteiger partial charge in [-0.25, -0.2) is 0 Å². The molecule has 0 saturated carbocycles. The minimum atomic E-state index is 0.800. The van der Waals surface area contributed by atoms with Crippen molar-refractivity contribution in [2.24, 2.45) is 0 Å². The van der Waals surface area contributed by atoms with Crippen molar-refractivity contribution in [3.8, 4) is 5.75 Å². The van der Waals surface area contributed by atoms with Crippen molar-refractivity contribution in [3.05, 3.63) is 23.5 Å². The average molecular weight is 222 g/mol. The zero-order valence-electron chi connectivity index (χ0n) is 10.5. The van der Waals surface area contributed by atoms with Crippen molar-refractivity contribution in [3.63, 3.8) is 0 Å². The number of ether oxygens (including phenoxy) is 1. The van der Waals surface area contributed by atoms with Crippen LogP contribution in [-0.2, 0) is 6.54 Å². The smallest absolute Gasteiger partial charge is 0.127 e. The maximum Gasteiger partial charge on any atom is 0.127 e. The van der Waals surface area contributed by atoms with Gasteiger partial charge in [-0.2, -0.15) is 0 Å². The van der Waals surface area contributed by atoms with Crippen LogP contribution in [0.5, 0.6) is 5.75 Å². The third kappa shape index (κ3) is 4.19. The highest BCUT2D eigenvalue weighted by molar-refractivity contribution is 5.32. The lowest BCUT2D eigenvalue weighted by Crippen LogP contribution is -2.09. The molecule has 0 fully saturated rings. The molecule has 0 bridgehead atoms. The molecule has 1 aromatic heterocycles. The van der Waals surface area contributed by atoms with Crippen LogP contribution in [-0.4, -0.2) is 18.6 Å². The summed E-state index contributed by atoms with van der Waals surface area (Å²) in [5.41, 5.74) is 2.13. The monoisotopic (exact) mass is 222 g/mol. The van der Waals surface area contributed by atoms with Crippen LogP contribution >= 0.6 is 0 Å². The van der Waals surface area contributed by atoms with E-state index in [1.807, 2.05) is 26.2 Å². The number of nitrogens with zero attached hydrogens (tertiary/aromatic N) is 1. The highest BCUT2D eigenvalue weighted by Crippen LogP contribution is 2.18. The summed E-state index contributed by atoms with van der Waals surface area (Å²) in [6, 6.07) is 2.01. The number of aryl methyl sites for hydroxylation is 1. The molecule has 0 atom stereocenters. The topological polar surface area (TPSA) is 34.1 Å². The molecule has 0 aliphatic rings. The second-order valence-electron chi connectivity index (χ2n) is 4.02. The van der Waals surface area contributed by atoms with Crippen LogP contribution in [0.2, 0.25) is 0 Å². The molecule has 1 aromatic rings. The Morgan fingerprint density at radius 3 is 2.88 bits per heavy atom. The molecule has 1 heterocycles. The fourth-order valence-electron chi connectivity index (χ4n) is 1.55. The van der Waals surface area contributed by atoms with Gasteiger partial charge < -0.3 is 10.1 Å². The largest absolute Gasteiger partial charge is 0.493 e. The van der Waals surface area contributed by atoms with Crippen LogP contribution in [0.1, 0.15) is 37.4 Å². The van der Waals surface area contributed by atoms with E-state index in [0.717, 1.165) is 36.6 Å². The molecule has 3 heteroatoms. The van der Waals surface area contributed by atoms with E-state index in [0.29, 0.717) is 0 Å². The summed E-state index contributed by atoms with van der Waals surface area (Å²) < 4.78 is 5.79. The zero-order valence-corrected chi connectivity index (χ0v) is 10.5. The summed E-state index contributed by atoms with van der Waals surface area (Å²) in [6.07, 6.45) is 5.46. The predicted octanol–water partition coefficient (Wildman–Crippen LogP) is 2.68. The van der Waals surface area contributed by atoms with E-state index in [1.165, 1.54) is 12.8 Å². The summed E-state index contributed by atoms with van der Waals surface area (Å²) in [4.78, 5) is 4.28. The lowest BCUT2D eigenvalue weighted by molar-refractivity contribution is 0.302. The first-order valence-corrected chi connectivity index (χ1v) is 6.00. The van der Waals surface area contributed by atoms with Gasteiger partial charge in [-0.15, -0.1) is 0 Å². The fraction of sp³-hybridized carbons (Fsp3) is 0.615. The first-order chi connectivity index (χ1) is 7.77. The van der Waals surface area contributed by atoms with Gasteiger partial charge in [0.25, 0.3) is 0 Å². The number of pyridine rings is 1. The summed E-state index contributed by atoms with van der Waals surface area (Å²) >= 11 is 0. The van der Waals surface area contributed by atoms with Crippen molar-refractivity contribution in [1.29, 1.82) is 0 Å². The van der Waals surface area contributed by atoms with Crippen molar-refractivity contribution < 1.29 is 4.74 Å². The molecule has 0 saturated heterocycles. The Kier molecular flexibility index (Phi) is 5.86. The molecular weight excluding hydrogens is 200 g/mol. The van der Waals surface area contributed by atoms with E-state index in [2.05, 4.69) is 17.2 Å². The van der Waals surface area contributed by atoms with Gasteiger partial charge in [-0.1, -0.05) is 19.8 Å². The number of nitrogens with one attached hydrogen (secondary N) is 1. The molecule has 0 amide bonds. The van der Waals surface area contributed by atoms with Crippen molar-refractivity contribution >= 4 is 0 Å². The number of rotatable bonds is 7. The number of hydrogen-bond acceptors (Lipinski definition) is 3. The molecule has 0 radical (unpaired) electrons. The van der Waals surface area contributed by atoms with E-state index in [-0.39, 0.29) is 0 Å². The van der Waals surface area contributed by atoms with Crippen molar-refractivity contribution in [2.45, 2.75) is 39.7 Å². The third-order valence-corrected chi connectivity index (χ3v) is 2.45. The SMILES string of the molecule is CCCCCOc1cc(C)ncc1CNC. The van der Waals surface area contributed by atoms with Crippen LogP contribution in [0.4, 0.5) is 0 Å². The molecular formula is C13H22N2O. The summed E-state index contributed by atoms with van der Waals surface area (Å²) in [6.45, 7) is 5.79. The van der Waals surface area contributed by atoms with E-state index < -0.39 is 0 Å². The molecule has 1 N–H and O–H groups in total. The van der Waals surface area contributed by atoms with Crippen LogP contribution in [0.25, 0.3) is 0 Å². The van der Waals surface area contributed by atoms with Crippen molar-refractivity contribution in [2.75, 3.05) is 13.7 Å². The highest BCUT2D eigenvalue weighted by Gasteiger charge is 2.04. The predicted molar refractivity (Wildman–Crippen MR) is 66.8 cm³/mol. The number of hydrogen-bond donors (Lipinski definition) is 1. The number of aromatic nitrogens is 1. The molecule has 0 aromatic carbocycles.